The van der Waals surface area contributed by atoms with Gasteiger partial charge in [-0.05, 0) is 6.08 Å². The Kier molecular flexibility index (Phi) is 3.70. The van der Waals surface area contributed by atoms with Gasteiger partial charge in [0, 0.05) is 0 Å². The molecule has 0 bridgehead atoms. The van der Waals surface area contributed by atoms with Crippen LogP contribution in [0.3, 0.4) is 0 Å². The molecule has 0 aromatic rings. The summed E-state index contributed by atoms with van der Waals surface area (Å²) in [5.74, 6) is -0.157. The largest absolute Gasteiger partial charge is 0.465 e. The fraction of sp³-hybridized carbons (Fsp3) is 0.200. The molecular weight excluding hydrogens is 138 g/mol. The van der Waals surface area contributed by atoms with Gasteiger partial charge in [0.05, 0.1) is 12.7 Å². The molecule has 0 atom stereocenters. The van der Waals surface area contributed by atoms with Gasteiger partial charge in [-0.25, -0.2) is 4.79 Å². The topological polar surface area (TPSA) is 89.6 Å². The Morgan fingerprint density at radius 2 is 2.30 bits per heavy atom. The van der Waals surface area contributed by atoms with Gasteiger partial charge in [-0.1, -0.05) is 0 Å². The summed E-state index contributed by atoms with van der Waals surface area (Å²) in [5.41, 5.74) is 4.03. The Morgan fingerprint density at radius 3 is 2.40 bits per heavy atom. The minimum atomic E-state index is -1.33. The number of cyclic esters (lactones) is 1. The number of hydrogen-bond donors (Lipinski definition) is 2. The molecule has 0 spiro atoms. The first-order valence-electron chi connectivity index (χ1n) is 2.46. The van der Waals surface area contributed by atoms with Crippen molar-refractivity contribution < 1.29 is 19.4 Å². The lowest BCUT2D eigenvalue weighted by atomic mass is 10.5. The highest BCUT2D eigenvalue weighted by atomic mass is 16.5. The van der Waals surface area contributed by atoms with Crippen molar-refractivity contribution in [2.24, 2.45) is 5.73 Å². The Morgan fingerprint density at radius 1 is 1.80 bits per heavy atom. The van der Waals surface area contributed by atoms with Gasteiger partial charge in [-0.15, -0.1) is 0 Å². The number of hydrogen-bond acceptors (Lipinski definition) is 3. The molecule has 0 saturated carbocycles. The van der Waals surface area contributed by atoms with Crippen LogP contribution < -0.4 is 5.73 Å². The molecule has 0 aromatic carbocycles. The maximum Gasteiger partial charge on any atom is 0.402 e. The van der Waals surface area contributed by atoms with Crippen LogP contribution in [0.25, 0.3) is 0 Å². The second-order valence-corrected chi connectivity index (χ2v) is 1.40. The van der Waals surface area contributed by atoms with E-state index in [1.54, 1.807) is 6.08 Å². The third-order valence-corrected chi connectivity index (χ3v) is 0.580. The molecule has 0 fully saturated rings. The second kappa shape index (κ2) is 4.37. The van der Waals surface area contributed by atoms with Crippen molar-refractivity contribution in [2.75, 3.05) is 0 Å². The Bertz CT molecular complexity index is 149. The quantitative estimate of drug-likeness (QED) is 0.472. The van der Waals surface area contributed by atoms with Crippen LogP contribution in [0, 0.1) is 0 Å². The molecule has 0 unspecified atom stereocenters. The molecule has 0 aromatic heterocycles. The number of carbonyl (C=O) groups excluding carboxylic acids is 1. The minimum absolute atomic E-state index is 0.157. The SMILES string of the molecule is NC(=O)O.O=C1CC=CO1. The van der Waals surface area contributed by atoms with E-state index in [0.29, 0.717) is 6.42 Å². The van der Waals surface area contributed by atoms with Crippen LogP contribution in [-0.2, 0) is 9.53 Å². The van der Waals surface area contributed by atoms with Gasteiger partial charge in [-0.3, -0.25) is 4.79 Å². The van der Waals surface area contributed by atoms with E-state index in [4.69, 9.17) is 9.90 Å². The van der Waals surface area contributed by atoms with Crippen molar-refractivity contribution in [1.29, 1.82) is 0 Å². The standard InChI is InChI=1S/C4H4O2.CH3NO2/c5-4-2-1-3-6-4;2-1(3)4/h1,3H,2H2;2H2,(H,3,4). The summed E-state index contributed by atoms with van der Waals surface area (Å²) in [7, 11) is 0. The molecule has 5 heteroatoms. The molecular formula is C5H7NO4. The first-order chi connectivity index (χ1) is 4.63. The maximum atomic E-state index is 9.96. The molecule has 10 heavy (non-hydrogen) atoms. The average Bonchev–Trinajstić information content (AvgIpc) is 2.15. The molecule has 1 heterocycles. The predicted octanol–water partition coefficient (Wildman–Crippen LogP) is 0.0701. The van der Waals surface area contributed by atoms with E-state index >= 15 is 0 Å². The number of primary amides is 1. The van der Waals surface area contributed by atoms with Gasteiger partial charge in [-0.2, -0.15) is 0 Å². The molecule has 0 aliphatic carbocycles. The molecule has 0 radical (unpaired) electrons. The summed E-state index contributed by atoms with van der Waals surface area (Å²) in [5, 5.41) is 7.19. The minimum Gasteiger partial charge on any atom is -0.465 e. The van der Waals surface area contributed by atoms with E-state index < -0.39 is 6.09 Å². The number of rotatable bonds is 0. The summed E-state index contributed by atoms with van der Waals surface area (Å²) in [6.45, 7) is 0. The van der Waals surface area contributed by atoms with Crippen molar-refractivity contribution in [3.63, 3.8) is 0 Å². The van der Waals surface area contributed by atoms with E-state index in [-0.39, 0.29) is 5.97 Å². The normalized spacial score (nSPS) is 13.4. The summed E-state index contributed by atoms with van der Waals surface area (Å²) in [6, 6.07) is 0. The molecule has 3 N–H and O–H groups in total. The van der Waals surface area contributed by atoms with Crippen molar-refractivity contribution >= 4 is 12.1 Å². The fourth-order valence-corrected chi connectivity index (χ4v) is 0.316. The molecule has 1 aliphatic heterocycles. The van der Waals surface area contributed by atoms with E-state index in [1.165, 1.54) is 6.26 Å². The molecule has 1 amide bonds. The zero-order valence-electron chi connectivity index (χ0n) is 5.11. The van der Waals surface area contributed by atoms with E-state index in [0.717, 1.165) is 0 Å². The van der Waals surface area contributed by atoms with E-state index in [1.807, 2.05) is 0 Å². The van der Waals surface area contributed by atoms with Crippen molar-refractivity contribution in [1.82, 2.24) is 0 Å². The lowest BCUT2D eigenvalue weighted by Crippen LogP contribution is -2.03. The maximum absolute atomic E-state index is 9.96. The molecule has 0 saturated heterocycles. The van der Waals surface area contributed by atoms with Gasteiger partial charge in [0.25, 0.3) is 0 Å². The van der Waals surface area contributed by atoms with E-state index in [9.17, 15) is 4.79 Å². The number of amides is 1. The Hall–Kier alpha value is -1.52. The van der Waals surface area contributed by atoms with Gasteiger partial charge in [0.2, 0.25) is 0 Å². The summed E-state index contributed by atoms with van der Waals surface area (Å²) >= 11 is 0. The second-order valence-electron chi connectivity index (χ2n) is 1.40. The number of carboxylic acid groups (broad SMARTS) is 1. The van der Waals surface area contributed by atoms with Crippen LogP contribution >= 0.6 is 0 Å². The highest BCUT2D eigenvalue weighted by Gasteiger charge is 2.00. The lowest BCUT2D eigenvalue weighted by molar-refractivity contribution is -0.135. The highest BCUT2D eigenvalue weighted by Crippen LogP contribution is 1.96. The lowest BCUT2D eigenvalue weighted by Gasteiger charge is -1.78. The Labute approximate surface area is 57.1 Å². The third kappa shape index (κ3) is 6.48. The van der Waals surface area contributed by atoms with Crippen LogP contribution in [0.4, 0.5) is 4.79 Å². The van der Waals surface area contributed by atoms with Gasteiger partial charge < -0.3 is 15.6 Å². The number of nitrogens with two attached hydrogens (primary N) is 1. The van der Waals surface area contributed by atoms with Gasteiger partial charge in [0.15, 0.2) is 0 Å². The van der Waals surface area contributed by atoms with Crippen molar-refractivity contribution in [3.8, 4) is 0 Å². The monoisotopic (exact) mass is 145 g/mol. The molecule has 5 nitrogen and oxygen atoms in total. The van der Waals surface area contributed by atoms with E-state index in [2.05, 4.69) is 10.5 Å². The smallest absolute Gasteiger partial charge is 0.402 e. The summed E-state index contributed by atoms with van der Waals surface area (Å²) < 4.78 is 4.33. The van der Waals surface area contributed by atoms with Gasteiger partial charge in [0.1, 0.15) is 0 Å². The molecule has 56 valence electrons. The summed E-state index contributed by atoms with van der Waals surface area (Å²) in [4.78, 5) is 18.7. The predicted molar refractivity (Wildman–Crippen MR) is 32.1 cm³/mol. The Balaban J connectivity index is 0.000000180. The number of esters is 1. The van der Waals surface area contributed by atoms with Crippen LogP contribution in [0.2, 0.25) is 0 Å². The van der Waals surface area contributed by atoms with Crippen LogP contribution in [0.1, 0.15) is 6.42 Å². The van der Waals surface area contributed by atoms with Crippen LogP contribution in [-0.4, -0.2) is 17.2 Å². The van der Waals surface area contributed by atoms with Crippen molar-refractivity contribution in [3.05, 3.63) is 12.3 Å². The van der Waals surface area contributed by atoms with Crippen molar-refractivity contribution in [2.45, 2.75) is 6.42 Å². The zero-order chi connectivity index (χ0) is 7.98. The third-order valence-electron chi connectivity index (χ3n) is 0.580. The molecule has 1 rings (SSSR count). The highest BCUT2D eigenvalue weighted by molar-refractivity contribution is 5.73. The fourth-order valence-electron chi connectivity index (χ4n) is 0.316. The number of ether oxygens (including phenoxy) is 1. The summed E-state index contributed by atoms with van der Waals surface area (Å²) in [6.07, 6.45) is 2.20. The number of carbonyl (C=O) groups is 2. The van der Waals surface area contributed by atoms with Crippen LogP contribution in [0.15, 0.2) is 12.3 Å². The van der Waals surface area contributed by atoms with Gasteiger partial charge >= 0.3 is 12.1 Å². The zero-order valence-corrected chi connectivity index (χ0v) is 5.11. The first kappa shape index (κ1) is 8.48. The molecule has 1 aliphatic rings. The average molecular weight is 145 g/mol. The van der Waals surface area contributed by atoms with Crippen LogP contribution in [0.5, 0.6) is 0 Å². The first-order valence-corrected chi connectivity index (χ1v) is 2.46.